The van der Waals surface area contributed by atoms with Crippen LogP contribution in [0.5, 0.6) is 0 Å². The number of carbonyl (C=O) groups is 3. The van der Waals surface area contributed by atoms with Gasteiger partial charge in [-0.15, -0.1) is 0 Å². The highest BCUT2D eigenvalue weighted by molar-refractivity contribution is 5.86. The molecule has 0 radical (unpaired) electrons. The van der Waals surface area contributed by atoms with E-state index < -0.39 is 11.9 Å². The molecule has 0 aliphatic rings. The van der Waals surface area contributed by atoms with Crippen molar-refractivity contribution in [2.24, 2.45) is 5.73 Å². The molecule has 0 spiro atoms. The molecule has 0 aromatic heterocycles. The number of rotatable bonds is 7. The van der Waals surface area contributed by atoms with E-state index in [0.29, 0.717) is 0 Å². The van der Waals surface area contributed by atoms with Crippen molar-refractivity contribution in [2.45, 2.75) is 13.3 Å². The SMILES string of the molecule is CCOC(=O)CNC(=O)CNC(=O)CCN. The average Bonchev–Trinajstić information content (AvgIpc) is 2.24. The number of carbonyl (C=O) groups excluding carboxylic acids is 3. The fourth-order valence-electron chi connectivity index (χ4n) is 0.844. The molecule has 7 heteroatoms. The zero-order valence-corrected chi connectivity index (χ0v) is 9.25. The van der Waals surface area contributed by atoms with Gasteiger partial charge in [0.1, 0.15) is 6.54 Å². The van der Waals surface area contributed by atoms with Gasteiger partial charge in [0.25, 0.3) is 0 Å². The number of hydrogen-bond acceptors (Lipinski definition) is 5. The molecule has 2 amide bonds. The molecule has 0 heterocycles. The highest BCUT2D eigenvalue weighted by atomic mass is 16.5. The summed E-state index contributed by atoms with van der Waals surface area (Å²) in [4.78, 5) is 32.9. The number of nitrogens with one attached hydrogen (secondary N) is 2. The Bertz CT molecular complexity index is 231. The standard InChI is InChI=1S/C9H17N3O4/c1-2-16-9(15)6-12-8(14)5-11-7(13)3-4-10/h2-6,10H2,1H3,(H,11,13)(H,12,14). The van der Waals surface area contributed by atoms with E-state index in [0.717, 1.165) is 0 Å². The van der Waals surface area contributed by atoms with Crippen molar-refractivity contribution < 1.29 is 19.1 Å². The summed E-state index contributed by atoms with van der Waals surface area (Å²) in [6.45, 7) is 1.81. The molecule has 0 saturated heterocycles. The summed E-state index contributed by atoms with van der Waals surface area (Å²) in [6, 6.07) is 0. The molecule has 0 saturated carbocycles. The molecular weight excluding hydrogens is 214 g/mol. The Morgan fingerprint density at radius 2 is 1.75 bits per heavy atom. The number of ether oxygens (including phenoxy) is 1. The van der Waals surface area contributed by atoms with Crippen LogP contribution in [0, 0.1) is 0 Å². The van der Waals surface area contributed by atoms with Gasteiger partial charge in [-0.2, -0.15) is 0 Å². The molecule has 0 unspecified atom stereocenters. The third kappa shape index (κ3) is 7.74. The molecule has 92 valence electrons. The fraction of sp³-hybridized carbons (Fsp3) is 0.667. The smallest absolute Gasteiger partial charge is 0.325 e. The molecule has 0 atom stereocenters. The fourth-order valence-corrected chi connectivity index (χ4v) is 0.844. The number of esters is 1. The first-order valence-corrected chi connectivity index (χ1v) is 4.99. The Kier molecular flexibility index (Phi) is 7.78. The topological polar surface area (TPSA) is 111 Å². The summed E-state index contributed by atoms with van der Waals surface area (Å²) in [7, 11) is 0. The third-order valence-corrected chi connectivity index (χ3v) is 1.55. The minimum Gasteiger partial charge on any atom is -0.465 e. The first-order valence-electron chi connectivity index (χ1n) is 4.99. The lowest BCUT2D eigenvalue weighted by Crippen LogP contribution is -2.39. The van der Waals surface area contributed by atoms with E-state index in [1.807, 2.05) is 0 Å². The Balaban J connectivity index is 3.59. The summed E-state index contributed by atoms with van der Waals surface area (Å²) < 4.78 is 4.60. The first-order chi connectivity index (χ1) is 7.60. The van der Waals surface area contributed by atoms with E-state index in [2.05, 4.69) is 15.4 Å². The minimum atomic E-state index is -0.510. The van der Waals surface area contributed by atoms with Crippen LogP contribution < -0.4 is 16.4 Å². The molecule has 0 aromatic carbocycles. The van der Waals surface area contributed by atoms with E-state index in [-0.39, 0.29) is 38.6 Å². The van der Waals surface area contributed by atoms with Gasteiger partial charge >= 0.3 is 5.97 Å². The minimum absolute atomic E-state index is 0.168. The lowest BCUT2D eigenvalue weighted by Gasteiger charge is -2.06. The van der Waals surface area contributed by atoms with Crippen molar-refractivity contribution in [3.05, 3.63) is 0 Å². The second-order valence-corrected chi connectivity index (χ2v) is 2.90. The quantitative estimate of drug-likeness (QED) is 0.445. The highest BCUT2D eigenvalue weighted by Gasteiger charge is 2.07. The summed E-state index contributed by atoms with van der Waals surface area (Å²) in [5.41, 5.74) is 5.14. The average molecular weight is 231 g/mol. The number of hydrogen-bond donors (Lipinski definition) is 3. The van der Waals surface area contributed by atoms with Gasteiger partial charge in [0.15, 0.2) is 0 Å². The van der Waals surface area contributed by atoms with Crippen molar-refractivity contribution in [3.63, 3.8) is 0 Å². The molecule has 4 N–H and O–H groups in total. The highest BCUT2D eigenvalue weighted by Crippen LogP contribution is 1.77. The second kappa shape index (κ2) is 8.66. The van der Waals surface area contributed by atoms with Crippen molar-refractivity contribution in [1.29, 1.82) is 0 Å². The van der Waals surface area contributed by atoms with Crippen molar-refractivity contribution in [3.8, 4) is 0 Å². The van der Waals surface area contributed by atoms with Crippen LogP contribution in [0.4, 0.5) is 0 Å². The van der Waals surface area contributed by atoms with Gasteiger partial charge in [-0.1, -0.05) is 0 Å². The molecule has 0 fully saturated rings. The molecular formula is C9H17N3O4. The van der Waals surface area contributed by atoms with Gasteiger partial charge in [0.2, 0.25) is 11.8 Å². The molecule has 0 aromatic rings. The van der Waals surface area contributed by atoms with Crippen molar-refractivity contribution in [1.82, 2.24) is 10.6 Å². The van der Waals surface area contributed by atoms with Gasteiger partial charge in [0, 0.05) is 13.0 Å². The zero-order chi connectivity index (χ0) is 12.4. The normalized spacial score (nSPS) is 9.38. The maximum atomic E-state index is 11.1. The Hall–Kier alpha value is -1.63. The van der Waals surface area contributed by atoms with Crippen LogP contribution >= 0.6 is 0 Å². The summed E-state index contributed by atoms with van der Waals surface area (Å²) in [6.07, 6.45) is 0.172. The zero-order valence-electron chi connectivity index (χ0n) is 9.25. The number of nitrogens with two attached hydrogens (primary N) is 1. The van der Waals surface area contributed by atoms with Crippen molar-refractivity contribution in [2.75, 3.05) is 26.2 Å². The van der Waals surface area contributed by atoms with Gasteiger partial charge in [-0.25, -0.2) is 0 Å². The first kappa shape index (κ1) is 14.4. The van der Waals surface area contributed by atoms with E-state index in [1.54, 1.807) is 6.92 Å². The van der Waals surface area contributed by atoms with Crippen LogP contribution in [0.15, 0.2) is 0 Å². The predicted octanol–water partition coefficient (Wildman–Crippen LogP) is -1.87. The second-order valence-electron chi connectivity index (χ2n) is 2.90. The third-order valence-electron chi connectivity index (χ3n) is 1.55. The largest absolute Gasteiger partial charge is 0.465 e. The molecule has 0 aliphatic heterocycles. The maximum absolute atomic E-state index is 11.1. The molecule has 16 heavy (non-hydrogen) atoms. The lowest BCUT2D eigenvalue weighted by molar-refractivity contribution is -0.143. The molecule has 0 rings (SSSR count). The lowest BCUT2D eigenvalue weighted by atomic mass is 10.4. The van der Waals surface area contributed by atoms with Crippen LogP contribution in [0.25, 0.3) is 0 Å². The predicted molar refractivity (Wildman–Crippen MR) is 56.3 cm³/mol. The van der Waals surface area contributed by atoms with Gasteiger partial charge in [-0.3, -0.25) is 14.4 Å². The van der Waals surface area contributed by atoms with Crippen LogP contribution in [0.2, 0.25) is 0 Å². The maximum Gasteiger partial charge on any atom is 0.325 e. The monoisotopic (exact) mass is 231 g/mol. The summed E-state index contributed by atoms with van der Waals surface area (Å²) >= 11 is 0. The van der Waals surface area contributed by atoms with E-state index >= 15 is 0 Å². The van der Waals surface area contributed by atoms with Crippen LogP contribution in [-0.4, -0.2) is 44.0 Å². The van der Waals surface area contributed by atoms with E-state index in [4.69, 9.17) is 5.73 Å². The summed E-state index contributed by atoms with van der Waals surface area (Å²) in [5.74, 6) is -1.25. The molecule has 0 aliphatic carbocycles. The molecule has 0 bridgehead atoms. The summed E-state index contributed by atoms with van der Waals surface area (Å²) in [5, 5.41) is 4.66. The number of amides is 2. The van der Waals surface area contributed by atoms with Gasteiger partial charge in [-0.05, 0) is 6.92 Å². The Labute approximate surface area is 93.7 Å². The van der Waals surface area contributed by atoms with Crippen LogP contribution in [-0.2, 0) is 19.1 Å². The van der Waals surface area contributed by atoms with Crippen molar-refractivity contribution >= 4 is 17.8 Å². The van der Waals surface area contributed by atoms with E-state index in [1.165, 1.54) is 0 Å². The van der Waals surface area contributed by atoms with Gasteiger partial charge in [0.05, 0.1) is 13.2 Å². The Morgan fingerprint density at radius 1 is 1.12 bits per heavy atom. The molecule has 7 nitrogen and oxygen atoms in total. The van der Waals surface area contributed by atoms with Crippen LogP contribution in [0.1, 0.15) is 13.3 Å². The van der Waals surface area contributed by atoms with E-state index in [9.17, 15) is 14.4 Å². The van der Waals surface area contributed by atoms with Gasteiger partial charge < -0.3 is 21.1 Å². The van der Waals surface area contributed by atoms with Crippen LogP contribution in [0.3, 0.4) is 0 Å². The Morgan fingerprint density at radius 3 is 2.31 bits per heavy atom.